The van der Waals surface area contributed by atoms with Crippen LogP contribution in [-0.2, 0) is 6.42 Å². The molecule has 1 aliphatic rings. The Morgan fingerprint density at radius 2 is 1.92 bits per heavy atom. The average Bonchev–Trinajstić information content (AvgIpc) is 2.61. The summed E-state index contributed by atoms with van der Waals surface area (Å²) in [5.74, 6) is 0.585. The molecule has 0 saturated carbocycles. The number of amides is 1. The minimum Gasteiger partial charge on any atom is -0.497 e. The Labute approximate surface area is 142 Å². The molecule has 0 saturated heterocycles. The Morgan fingerprint density at radius 1 is 1.21 bits per heavy atom. The largest absolute Gasteiger partial charge is 0.497 e. The summed E-state index contributed by atoms with van der Waals surface area (Å²) < 4.78 is 5.21. The van der Waals surface area contributed by atoms with Crippen molar-refractivity contribution in [2.45, 2.75) is 32.7 Å². The zero-order valence-corrected chi connectivity index (χ0v) is 14.2. The molecule has 4 nitrogen and oxygen atoms in total. The fraction of sp³-hybridized carbons (Fsp3) is 0.300. The van der Waals surface area contributed by atoms with Crippen LogP contribution in [0.1, 0.15) is 46.5 Å². The highest BCUT2D eigenvalue weighted by Crippen LogP contribution is 2.34. The third-order valence-electron chi connectivity index (χ3n) is 4.51. The van der Waals surface area contributed by atoms with Crippen LogP contribution in [0.25, 0.3) is 0 Å². The van der Waals surface area contributed by atoms with Crippen LogP contribution in [-0.4, -0.2) is 24.8 Å². The third kappa shape index (κ3) is 2.80. The Kier molecular flexibility index (Phi) is 4.38. The summed E-state index contributed by atoms with van der Waals surface area (Å²) in [5.41, 5.74) is 3.03. The van der Waals surface area contributed by atoms with Gasteiger partial charge in [0, 0.05) is 23.6 Å². The molecule has 1 unspecified atom stereocenters. The molecule has 0 radical (unpaired) electrons. The molecule has 1 heterocycles. The van der Waals surface area contributed by atoms with Crippen molar-refractivity contribution in [2.24, 2.45) is 0 Å². The Hall–Kier alpha value is -2.62. The molecule has 3 rings (SSSR count). The average molecular weight is 323 g/mol. The standard InChI is InChI=1S/C20H21NO3/c1-4-14-5-7-15(8-6-14)20(23)21-13(2)11-19(22)17-12-16(24-3)9-10-18(17)21/h5-10,12-13H,4,11H2,1-3H3. The summed E-state index contributed by atoms with van der Waals surface area (Å²) in [4.78, 5) is 27.1. The van der Waals surface area contributed by atoms with E-state index in [0.29, 0.717) is 29.0 Å². The second-order valence-electron chi connectivity index (χ2n) is 6.09. The van der Waals surface area contributed by atoms with E-state index in [1.165, 1.54) is 5.56 Å². The summed E-state index contributed by atoms with van der Waals surface area (Å²) in [6.45, 7) is 3.99. The number of aryl methyl sites for hydroxylation is 1. The van der Waals surface area contributed by atoms with Gasteiger partial charge >= 0.3 is 0 Å². The summed E-state index contributed by atoms with van der Waals surface area (Å²) in [5, 5.41) is 0. The monoisotopic (exact) mass is 323 g/mol. The lowest BCUT2D eigenvalue weighted by atomic mass is 9.94. The number of rotatable bonds is 3. The minimum absolute atomic E-state index is 0.0433. The second-order valence-corrected chi connectivity index (χ2v) is 6.09. The zero-order valence-electron chi connectivity index (χ0n) is 14.2. The molecular formula is C20H21NO3. The first-order valence-electron chi connectivity index (χ1n) is 8.19. The van der Waals surface area contributed by atoms with E-state index in [1.54, 1.807) is 30.2 Å². The van der Waals surface area contributed by atoms with Crippen molar-refractivity contribution in [1.82, 2.24) is 0 Å². The van der Waals surface area contributed by atoms with E-state index in [4.69, 9.17) is 4.74 Å². The number of Topliss-reactive ketones (excluding diaryl/α,β-unsaturated/α-hetero) is 1. The smallest absolute Gasteiger partial charge is 0.258 e. The highest BCUT2D eigenvalue weighted by atomic mass is 16.5. The van der Waals surface area contributed by atoms with Crippen LogP contribution in [0.15, 0.2) is 42.5 Å². The number of anilines is 1. The molecule has 1 atom stereocenters. The summed E-state index contributed by atoms with van der Waals surface area (Å²) >= 11 is 0. The van der Waals surface area contributed by atoms with Gasteiger partial charge < -0.3 is 9.64 Å². The maximum absolute atomic E-state index is 13.0. The number of ketones is 1. The maximum atomic E-state index is 13.0. The first kappa shape index (κ1) is 16.2. The number of methoxy groups -OCH3 is 1. The molecule has 1 amide bonds. The van der Waals surface area contributed by atoms with Crippen LogP contribution in [0.2, 0.25) is 0 Å². The number of ether oxygens (including phenoxy) is 1. The van der Waals surface area contributed by atoms with Gasteiger partial charge in [-0.3, -0.25) is 9.59 Å². The molecule has 2 aromatic rings. The van der Waals surface area contributed by atoms with E-state index in [2.05, 4.69) is 6.92 Å². The second kappa shape index (κ2) is 6.48. The van der Waals surface area contributed by atoms with Crippen LogP contribution in [0.5, 0.6) is 5.75 Å². The van der Waals surface area contributed by atoms with Crippen molar-refractivity contribution in [2.75, 3.05) is 12.0 Å². The zero-order chi connectivity index (χ0) is 17.3. The molecule has 24 heavy (non-hydrogen) atoms. The van der Waals surface area contributed by atoms with Gasteiger partial charge in [-0.25, -0.2) is 0 Å². The number of carbonyl (C=O) groups excluding carboxylic acids is 2. The molecule has 0 aliphatic carbocycles. The molecule has 0 bridgehead atoms. The van der Waals surface area contributed by atoms with Gasteiger partial charge in [0.15, 0.2) is 5.78 Å². The lowest BCUT2D eigenvalue weighted by molar-refractivity contribution is 0.0936. The van der Waals surface area contributed by atoms with Gasteiger partial charge in [0.2, 0.25) is 0 Å². The molecule has 0 N–H and O–H groups in total. The van der Waals surface area contributed by atoms with E-state index < -0.39 is 0 Å². The van der Waals surface area contributed by atoms with Gasteiger partial charge in [0.1, 0.15) is 5.75 Å². The van der Waals surface area contributed by atoms with Gasteiger partial charge in [0.25, 0.3) is 5.91 Å². The van der Waals surface area contributed by atoms with Gasteiger partial charge in [0.05, 0.1) is 12.8 Å². The quantitative estimate of drug-likeness (QED) is 0.861. The number of benzene rings is 2. The molecule has 0 aromatic heterocycles. The van der Waals surface area contributed by atoms with Crippen LogP contribution in [0, 0.1) is 0 Å². The van der Waals surface area contributed by atoms with Crippen LogP contribution >= 0.6 is 0 Å². The van der Waals surface area contributed by atoms with Crippen molar-refractivity contribution in [1.29, 1.82) is 0 Å². The molecule has 4 heteroatoms. The lowest BCUT2D eigenvalue weighted by Crippen LogP contribution is -2.44. The number of nitrogens with zero attached hydrogens (tertiary/aromatic N) is 1. The molecular weight excluding hydrogens is 302 g/mol. The number of hydrogen-bond donors (Lipinski definition) is 0. The Morgan fingerprint density at radius 3 is 2.54 bits per heavy atom. The Balaban J connectivity index is 2.02. The van der Waals surface area contributed by atoms with E-state index in [1.807, 2.05) is 31.2 Å². The molecule has 0 fully saturated rings. The van der Waals surface area contributed by atoms with E-state index >= 15 is 0 Å². The summed E-state index contributed by atoms with van der Waals surface area (Å²) in [6.07, 6.45) is 1.25. The van der Waals surface area contributed by atoms with E-state index in [-0.39, 0.29) is 17.7 Å². The topological polar surface area (TPSA) is 46.6 Å². The van der Waals surface area contributed by atoms with Gasteiger partial charge in [-0.1, -0.05) is 19.1 Å². The van der Waals surface area contributed by atoms with E-state index in [0.717, 1.165) is 6.42 Å². The lowest BCUT2D eigenvalue weighted by Gasteiger charge is -2.34. The highest BCUT2D eigenvalue weighted by Gasteiger charge is 2.33. The SMILES string of the molecule is CCc1ccc(C(=O)N2c3ccc(OC)cc3C(=O)CC2C)cc1. The van der Waals surface area contributed by atoms with E-state index in [9.17, 15) is 9.59 Å². The molecule has 0 spiro atoms. The van der Waals surface area contributed by atoms with Crippen molar-refractivity contribution in [3.63, 3.8) is 0 Å². The normalized spacial score (nSPS) is 16.7. The van der Waals surface area contributed by atoms with Gasteiger partial charge in [-0.15, -0.1) is 0 Å². The minimum atomic E-state index is -0.170. The molecule has 2 aromatic carbocycles. The maximum Gasteiger partial charge on any atom is 0.258 e. The Bertz CT molecular complexity index is 780. The fourth-order valence-electron chi connectivity index (χ4n) is 3.11. The highest BCUT2D eigenvalue weighted by molar-refractivity contribution is 6.14. The first-order chi connectivity index (χ1) is 11.5. The van der Waals surface area contributed by atoms with Gasteiger partial charge in [-0.05, 0) is 49.2 Å². The fourth-order valence-corrected chi connectivity index (χ4v) is 3.11. The number of carbonyl (C=O) groups is 2. The van der Waals surface area contributed by atoms with Crippen molar-refractivity contribution in [3.8, 4) is 5.75 Å². The predicted octanol–water partition coefficient (Wildman–Crippen LogP) is 3.88. The number of hydrogen-bond acceptors (Lipinski definition) is 3. The number of fused-ring (bicyclic) bond motifs is 1. The van der Waals surface area contributed by atoms with Crippen LogP contribution in [0.3, 0.4) is 0 Å². The van der Waals surface area contributed by atoms with Crippen LogP contribution < -0.4 is 9.64 Å². The molecule has 1 aliphatic heterocycles. The van der Waals surface area contributed by atoms with Crippen molar-refractivity contribution < 1.29 is 14.3 Å². The summed E-state index contributed by atoms with van der Waals surface area (Å²) in [6, 6.07) is 12.8. The van der Waals surface area contributed by atoms with Crippen molar-refractivity contribution >= 4 is 17.4 Å². The predicted molar refractivity (Wildman–Crippen MR) is 94.0 cm³/mol. The van der Waals surface area contributed by atoms with Crippen LogP contribution in [0.4, 0.5) is 5.69 Å². The summed E-state index contributed by atoms with van der Waals surface area (Å²) in [7, 11) is 1.57. The van der Waals surface area contributed by atoms with Crippen molar-refractivity contribution in [3.05, 3.63) is 59.2 Å². The first-order valence-corrected chi connectivity index (χ1v) is 8.19. The van der Waals surface area contributed by atoms with Gasteiger partial charge in [-0.2, -0.15) is 0 Å². The third-order valence-corrected chi connectivity index (χ3v) is 4.51. The molecule has 124 valence electrons.